The highest BCUT2D eigenvalue weighted by Gasteiger charge is 2.30. The molecule has 3 aromatic rings. The van der Waals surface area contributed by atoms with E-state index in [0.717, 1.165) is 49.7 Å². The minimum absolute atomic E-state index is 0.131. The number of benzene rings is 3. The molecule has 3 aromatic carbocycles. The number of ether oxygens (including phenoxy) is 1. The van der Waals surface area contributed by atoms with Crippen LogP contribution in [-0.4, -0.2) is 49.2 Å². The Morgan fingerprint density at radius 2 is 1.92 bits per heavy atom. The van der Waals surface area contributed by atoms with Gasteiger partial charge in [0.05, 0.1) is 24.9 Å². The molecule has 2 N–H and O–H groups in total. The van der Waals surface area contributed by atoms with E-state index in [1.165, 1.54) is 5.56 Å². The Morgan fingerprint density at radius 1 is 1.11 bits per heavy atom. The monoisotopic (exact) mass is 482 g/mol. The average Bonchev–Trinajstić information content (AvgIpc) is 3.22. The zero-order chi connectivity index (χ0) is 24.9. The molecule has 184 valence electrons. The molecule has 0 aliphatic carbocycles. The molecular formula is C29H30N4O3. The molecule has 0 spiro atoms. The molecule has 0 radical (unpaired) electrons. The van der Waals surface area contributed by atoms with Gasteiger partial charge in [-0.3, -0.25) is 19.5 Å². The Hall–Kier alpha value is -3.81. The number of morpholine rings is 1. The Labute approximate surface area is 211 Å². The van der Waals surface area contributed by atoms with Crippen LogP contribution in [0.5, 0.6) is 0 Å². The van der Waals surface area contributed by atoms with Crippen LogP contribution in [0.2, 0.25) is 0 Å². The minimum Gasteiger partial charge on any atom is -0.379 e. The van der Waals surface area contributed by atoms with E-state index in [-0.39, 0.29) is 17.9 Å². The van der Waals surface area contributed by atoms with Gasteiger partial charge in [-0.2, -0.15) is 0 Å². The summed E-state index contributed by atoms with van der Waals surface area (Å²) in [6.07, 6.45) is 1.67. The van der Waals surface area contributed by atoms with E-state index in [4.69, 9.17) is 4.74 Å². The molecule has 36 heavy (non-hydrogen) atoms. The van der Waals surface area contributed by atoms with Gasteiger partial charge < -0.3 is 15.4 Å². The van der Waals surface area contributed by atoms with Crippen molar-refractivity contribution in [3.05, 3.63) is 95.1 Å². The van der Waals surface area contributed by atoms with Crippen molar-refractivity contribution in [3.63, 3.8) is 0 Å². The number of hydrogen-bond donors (Lipinski definition) is 2. The van der Waals surface area contributed by atoms with E-state index in [1.807, 2.05) is 49.4 Å². The van der Waals surface area contributed by atoms with Crippen molar-refractivity contribution in [1.29, 1.82) is 0 Å². The number of amides is 2. The lowest BCUT2D eigenvalue weighted by molar-refractivity contribution is -0.115. The fourth-order valence-electron chi connectivity index (χ4n) is 4.59. The highest BCUT2D eigenvalue weighted by molar-refractivity contribution is 6.13. The molecule has 5 rings (SSSR count). The molecule has 1 fully saturated rings. The predicted molar refractivity (Wildman–Crippen MR) is 141 cm³/mol. The number of aliphatic imine (C=N–C) groups is 1. The van der Waals surface area contributed by atoms with Crippen LogP contribution < -0.4 is 10.6 Å². The number of carbonyl (C=O) groups is 2. The number of hydrogen-bond acceptors (Lipinski definition) is 5. The van der Waals surface area contributed by atoms with E-state index >= 15 is 0 Å². The summed E-state index contributed by atoms with van der Waals surface area (Å²) < 4.78 is 5.43. The van der Waals surface area contributed by atoms with Gasteiger partial charge >= 0.3 is 0 Å². The summed E-state index contributed by atoms with van der Waals surface area (Å²) in [7, 11) is 0. The summed E-state index contributed by atoms with van der Waals surface area (Å²) in [4.78, 5) is 32.6. The van der Waals surface area contributed by atoms with Crippen LogP contribution in [0.1, 0.15) is 45.9 Å². The van der Waals surface area contributed by atoms with Crippen LogP contribution in [0.25, 0.3) is 0 Å². The molecule has 2 heterocycles. The third kappa shape index (κ3) is 5.53. The van der Waals surface area contributed by atoms with Crippen molar-refractivity contribution < 1.29 is 14.3 Å². The van der Waals surface area contributed by atoms with Gasteiger partial charge in [-0.15, -0.1) is 0 Å². The van der Waals surface area contributed by atoms with E-state index in [9.17, 15) is 9.59 Å². The van der Waals surface area contributed by atoms with Gasteiger partial charge in [0.25, 0.3) is 5.91 Å². The fourth-order valence-corrected chi connectivity index (χ4v) is 4.59. The van der Waals surface area contributed by atoms with Gasteiger partial charge in [0.15, 0.2) is 0 Å². The standard InChI is InChI=1S/C29H30N4O3/c1-20(22-7-3-2-4-8-22)31-28(34)23-10-11-27-25(17-23)26(29(35)32-27)18-30-24-9-5-6-21(16-24)19-33-12-14-36-15-13-33/h2-11,16-18,20,26H,12-15,19H2,1H3,(H,31,34)(H,32,35)/t20-,26?/m0/s1. The number of nitrogens with zero attached hydrogens (tertiary/aromatic N) is 2. The van der Waals surface area contributed by atoms with Crippen LogP contribution in [0, 0.1) is 0 Å². The number of fused-ring (bicyclic) bond motifs is 1. The first-order chi connectivity index (χ1) is 17.6. The maximum Gasteiger partial charge on any atom is 0.251 e. The highest BCUT2D eigenvalue weighted by atomic mass is 16.5. The lowest BCUT2D eigenvalue weighted by atomic mass is 9.99. The van der Waals surface area contributed by atoms with Crippen molar-refractivity contribution in [2.75, 3.05) is 31.6 Å². The van der Waals surface area contributed by atoms with Crippen molar-refractivity contribution in [2.45, 2.75) is 25.4 Å². The summed E-state index contributed by atoms with van der Waals surface area (Å²) in [5.41, 5.74) is 4.99. The molecule has 2 aliphatic heterocycles. The Bertz CT molecular complexity index is 1270. The van der Waals surface area contributed by atoms with Crippen molar-refractivity contribution >= 4 is 29.4 Å². The molecule has 1 saturated heterocycles. The Kier molecular flexibility index (Phi) is 7.21. The SMILES string of the molecule is C[C@H](NC(=O)c1ccc2c(c1)C(C=Nc1cccc(CN3CCOCC3)c1)C(=O)N2)c1ccccc1. The molecule has 0 saturated carbocycles. The van der Waals surface area contributed by atoms with Gasteiger partial charge in [-0.05, 0) is 53.9 Å². The van der Waals surface area contributed by atoms with Gasteiger partial charge in [-0.1, -0.05) is 42.5 Å². The third-order valence-corrected chi connectivity index (χ3v) is 6.63. The van der Waals surface area contributed by atoms with Crippen molar-refractivity contribution in [2.24, 2.45) is 4.99 Å². The fraction of sp³-hybridized carbons (Fsp3) is 0.276. The number of anilines is 1. The van der Waals surface area contributed by atoms with E-state index < -0.39 is 5.92 Å². The summed E-state index contributed by atoms with van der Waals surface area (Å²) in [5.74, 6) is -0.879. The molecule has 7 nitrogen and oxygen atoms in total. The first-order valence-corrected chi connectivity index (χ1v) is 12.3. The van der Waals surface area contributed by atoms with Crippen molar-refractivity contribution in [3.8, 4) is 0 Å². The maximum atomic E-state index is 12.9. The second kappa shape index (κ2) is 10.8. The summed E-state index contributed by atoms with van der Waals surface area (Å²) in [5, 5.41) is 5.94. The second-order valence-electron chi connectivity index (χ2n) is 9.21. The van der Waals surface area contributed by atoms with Gasteiger partial charge in [0, 0.05) is 37.1 Å². The smallest absolute Gasteiger partial charge is 0.251 e. The van der Waals surface area contributed by atoms with Crippen LogP contribution >= 0.6 is 0 Å². The van der Waals surface area contributed by atoms with Gasteiger partial charge in [0.2, 0.25) is 5.91 Å². The minimum atomic E-state index is -0.554. The topological polar surface area (TPSA) is 83.0 Å². The Balaban J connectivity index is 1.29. The molecule has 1 unspecified atom stereocenters. The largest absolute Gasteiger partial charge is 0.379 e. The van der Waals surface area contributed by atoms with Gasteiger partial charge in [-0.25, -0.2) is 0 Å². The first-order valence-electron chi connectivity index (χ1n) is 12.3. The van der Waals surface area contributed by atoms with Crippen LogP contribution in [0.15, 0.2) is 77.8 Å². The van der Waals surface area contributed by atoms with Crippen LogP contribution in [-0.2, 0) is 16.1 Å². The molecule has 2 atom stereocenters. The molecule has 0 aromatic heterocycles. The quantitative estimate of drug-likeness (QED) is 0.488. The average molecular weight is 483 g/mol. The molecule has 7 heteroatoms. The van der Waals surface area contributed by atoms with E-state index in [1.54, 1.807) is 24.4 Å². The lowest BCUT2D eigenvalue weighted by Crippen LogP contribution is -2.35. The van der Waals surface area contributed by atoms with Gasteiger partial charge in [0.1, 0.15) is 5.92 Å². The zero-order valence-corrected chi connectivity index (χ0v) is 20.3. The number of carbonyl (C=O) groups excluding carboxylic acids is 2. The molecule has 0 bridgehead atoms. The van der Waals surface area contributed by atoms with Crippen molar-refractivity contribution in [1.82, 2.24) is 10.2 Å². The molecular weight excluding hydrogens is 452 g/mol. The Morgan fingerprint density at radius 3 is 2.72 bits per heavy atom. The summed E-state index contributed by atoms with van der Waals surface area (Å²) in [6.45, 7) is 6.17. The van der Waals surface area contributed by atoms with Crippen LogP contribution in [0.4, 0.5) is 11.4 Å². The second-order valence-corrected chi connectivity index (χ2v) is 9.21. The molecule has 2 amide bonds. The summed E-state index contributed by atoms with van der Waals surface area (Å²) in [6, 6.07) is 23.1. The van der Waals surface area contributed by atoms with E-state index in [2.05, 4.69) is 32.7 Å². The highest BCUT2D eigenvalue weighted by Crippen LogP contribution is 2.33. The lowest BCUT2D eigenvalue weighted by Gasteiger charge is -2.26. The third-order valence-electron chi connectivity index (χ3n) is 6.63. The van der Waals surface area contributed by atoms with E-state index in [0.29, 0.717) is 11.3 Å². The molecule has 2 aliphatic rings. The summed E-state index contributed by atoms with van der Waals surface area (Å²) >= 11 is 0. The number of rotatable bonds is 7. The first kappa shape index (κ1) is 23.9. The zero-order valence-electron chi connectivity index (χ0n) is 20.3. The van der Waals surface area contributed by atoms with Crippen LogP contribution in [0.3, 0.4) is 0 Å². The normalized spacial score (nSPS) is 18.6. The predicted octanol–water partition coefficient (Wildman–Crippen LogP) is 4.45. The number of nitrogens with one attached hydrogen (secondary N) is 2. The maximum absolute atomic E-state index is 12.9.